The van der Waals surface area contributed by atoms with Crippen molar-refractivity contribution in [2.45, 2.75) is 39.3 Å². The predicted octanol–water partition coefficient (Wildman–Crippen LogP) is 3.30. The number of amides is 1. The van der Waals surface area contributed by atoms with Gasteiger partial charge in [0.15, 0.2) is 6.10 Å². The standard InChI is InChI=1S/C18H21NO3/c1-12(16(20)19-18(2,3)4)22-17(21)15-10-9-13-7-5-6-8-14(13)11-15/h5-12H,1-4H3,(H,19,20). The van der Waals surface area contributed by atoms with Gasteiger partial charge in [0.1, 0.15) is 0 Å². The van der Waals surface area contributed by atoms with Crippen molar-refractivity contribution in [2.75, 3.05) is 0 Å². The van der Waals surface area contributed by atoms with Crippen LogP contribution in [0.3, 0.4) is 0 Å². The fraction of sp³-hybridized carbons (Fsp3) is 0.333. The van der Waals surface area contributed by atoms with Gasteiger partial charge in [0, 0.05) is 5.54 Å². The Morgan fingerprint density at radius 3 is 2.32 bits per heavy atom. The van der Waals surface area contributed by atoms with Gasteiger partial charge in [-0.2, -0.15) is 0 Å². The monoisotopic (exact) mass is 299 g/mol. The maximum absolute atomic E-state index is 12.2. The zero-order chi connectivity index (χ0) is 16.3. The fourth-order valence-corrected chi connectivity index (χ4v) is 2.07. The van der Waals surface area contributed by atoms with Gasteiger partial charge in [0.2, 0.25) is 0 Å². The highest BCUT2D eigenvalue weighted by Gasteiger charge is 2.22. The number of hydrogen-bond donors (Lipinski definition) is 1. The average Bonchev–Trinajstić information content (AvgIpc) is 2.44. The van der Waals surface area contributed by atoms with E-state index in [9.17, 15) is 9.59 Å². The molecule has 0 fully saturated rings. The van der Waals surface area contributed by atoms with Gasteiger partial charge in [0.25, 0.3) is 5.91 Å². The molecule has 2 aromatic carbocycles. The van der Waals surface area contributed by atoms with Crippen LogP contribution < -0.4 is 5.32 Å². The maximum atomic E-state index is 12.2. The zero-order valence-electron chi connectivity index (χ0n) is 13.3. The topological polar surface area (TPSA) is 55.4 Å². The fourth-order valence-electron chi connectivity index (χ4n) is 2.07. The number of hydrogen-bond acceptors (Lipinski definition) is 3. The lowest BCUT2D eigenvalue weighted by Gasteiger charge is -2.23. The molecule has 1 N–H and O–H groups in total. The van der Waals surface area contributed by atoms with E-state index in [0.717, 1.165) is 10.8 Å². The molecule has 0 saturated heterocycles. The SMILES string of the molecule is CC(OC(=O)c1ccc2ccccc2c1)C(=O)NC(C)(C)C. The summed E-state index contributed by atoms with van der Waals surface area (Å²) < 4.78 is 5.24. The third-order valence-corrected chi connectivity index (χ3v) is 3.14. The van der Waals surface area contributed by atoms with Gasteiger partial charge in [0.05, 0.1) is 5.56 Å². The summed E-state index contributed by atoms with van der Waals surface area (Å²) in [5, 5.41) is 4.80. The Bertz CT molecular complexity index is 701. The van der Waals surface area contributed by atoms with E-state index >= 15 is 0 Å². The molecule has 0 radical (unpaired) electrons. The average molecular weight is 299 g/mol. The Labute approximate surface area is 130 Å². The molecule has 2 aromatic rings. The summed E-state index contributed by atoms with van der Waals surface area (Å²) in [5.41, 5.74) is 0.0786. The molecular weight excluding hydrogens is 278 g/mol. The molecule has 2 rings (SSSR count). The van der Waals surface area contributed by atoms with E-state index in [1.165, 1.54) is 0 Å². The second-order valence-corrected chi connectivity index (χ2v) is 6.35. The summed E-state index contributed by atoms with van der Waals surface area (Å²) in [4.78, 5) is 24.1. The molecule has 22 heavy (non-hydrogen) atoms. The van der Waals surface area contributed by atoms with E-state index in [4.69, 9.17) is 4.74 Å². The molecule has 0 aliphatic carbocycles. The number of nitrogens with one attached hydrogen (secondary N) is 1. The third-order valence-electron chi connectivity index (χ3n) is 3.14. The number of carbonyl (C=O) groups is 2. The van der Waals surface area contributed by atoms with E-state index in [1.807, 2.05) is 51.1 Å². The van der Waals surface area contributed by atoms with Crippen LogP contribution >= 0.6 is 0 Å². The third kappa shape index (κ3) is 4.07. The van der Waals surface area contributed by atoms with Crippen molar-refractivity contribution >= 4 is 22.6 Å². The smallest absolute Gasteiger partial charge is 0.338 e. The molecule has 4 heteroatoms. The molecule has 116 valence electrons. The number of esters is 1. The number of carbonyl (C=O) groups excluding carboxylic acids is 2. The minimum Gasteiger partial charge on any atom is -0.449 e. The first-order valence-electron chi connectivity index (χ1n) is 7.28. The summed E-state index contributed by atoms with van der Waals surface area (Å²) in [6, 6.07) is 13.1. The largest absolute Gasteiger partial charge is 0.449 e. The Balaban J connectivity index is 2.08. The maximum Gasteiger partial charge on any atom is 0.338 e. The van der Waals surface area contributed by atoms with Crippen molar-refractivity contribution in [3.05, 3.63) is 48.0 Å². The predicted molar refractivity (Wildman–Crippen MR) is 86.7 cm³/mol. The van der Waals surface area contributed by atoms with Crippen molar-refractivity contribution in [1.29, 1.82) is 0 Å². The summed E-state index contributed by atoms with van der Waals surface area (Å²) in [7, 11) is 0. The van der Waals surface area contributed by atoms with E-state index < -0.39 is 12.1 Å². The van der Waals surface area contributed by atoms with Crippen molar-refractivity contribution in [3.63, 3.8) is 0 Å². The summed E-state index contributed by atoms with van der Waals surface area (Å²) in [6.45, 7) is 7.20. The number of fused-ring (bicyclic) bond motifs is 1. The first-order valence-corrected chi connectivity index (χ1v) is 7.28. The molecule has 0 saturated carbocycles. The normalized spacial score (nSPS) is 12.7. The minimum atomic E-state index is -0.835. The molecule has 0 heterocycles. The van der Waals surface area contributed by atoms with Crippen molar-refractivity contribution in [3.8, 4) is 0 Å². The minimum absolute atomic E-state index is 0.304. The van der Waals surface area contributed by atoms with Crippen LogP contribution in [0.2, 0.25) is 0 Å². The van der Waals surface area contributed by atoms with Crippen molar-refractivity contribution < 1.29 is 14.3 Å². The Morgan fingerprint density at radius 1 is 1.05 bits per heavy atom. The van der Waals surface area contributed by atoms with Crippen molar-refractivity contribution in [2.24, 2.45) is 0 Å². The molecule has 0 aliphatic heterocycles. The zero-order valence-corrected chi connectivity index (χ0v) is 13.3. The lowest BCUT2D eigenvalue weighted by molar-refractivity contribution is -0.130. The summed E-state index contributed by atoms with van der Waals surface area (Å²) in [5.74, 6) is -0.802. The van der Waals surface area contributed by atoms with Crippen LogP contribution in [0.4, 0.5) is 0 Å². The second kappa shape index (κ2) is 6.18. The van der Waals surface area contributed by atoms with Crippen LogP contribution in [0, 0.1) is 0 Å². The lowest BCUT2D eigenvalue weighted by Crippen LogP contribution is -2.46. The lowest BCUT2D eigenvalue weighted by atomic mass is 10.1. The Morgan fingerprint density at radius 2 is 1.68 bits per heavy atom. The van der Waals surface area contributed by atoms with E-state index in [-0.39, 0.29) is 11.4 Å². The van der Waals surface area contributed by atoms with Gasteiger partial charge in [-0.05, 0) is 50.6 Å². The summed E-state index contributed by atoms with van der Waals surface area (Å²) in [6.07, 6.45) is -0.835. The second-order valence-electron chi connectivity index (χ2n) is 6.35. The molecule has 1 atom stereocenters. The van der Waals surface area contributed by atoms with E-state index in [2.05, 4.69) is 5.32 Å². The highest BCUT2D eigenvalue weighted by molar-refractivity contribution is 5.96. The molecule has 4 nitrogen and oxygen atoms in total. The molecule has 0 aliphatic rings. The van der Waals surface area contributed by atoms with Gasteiger partial charge in [-0.25, -0.2) is 4.79 Å². The van der Waals surface area contributed by atoms with Gasteiger partial charge in [-0.15, -0.1) is 0 Å². The van der Waals surface area contributed by atoms with Crippen LogP contribution in [-0.2, 0) is 9.53 Å². The highest BCUT2D eigenvalue weighted by Crippen LogP contribution is 2.16. The van der Waals surface area contributed by atoms with Crippen LogP contribution in [0.25, 0.3) is 10.8 Å². The van der Waals surface area contributed by atoms with Crippen LogP contribution in [-0.4, -0.2) is 23.5 Å². The Kier molecular flexibility index (Phi) is 4.50. The first-order chi connectivity index (χ1) is 10.3. The van der Waals surface area contributed by atoms with Crippen LogP contribution in [0.15, 0.2) is 42.5 Å². The van der Waals surface area contributed by atoms with Crippen LogP contribution in [0.1, 0.15) is 38.1 Å². The summed E-state index contributed by atoms with van der Waals surface area (Å²) >= 11 is 0. The van der Waals surface area contributed by atoms with Gasteiger partial charge in [-0.3, -0.25) is 4.79 Å². The first kappa shape index (κ1) is 16.0. The van der Waals surface area contributed by atoms with E-state index in [0.29, 0.717) is 5.56 Å². The molecular formula is C18H21NO3. The molecule has 0 aromatic heterocycles. The number of rotatable bonds is 3. The number of ether oxygens (including phenoxy) is 1. The molecule has 0 spiro atoms. The molecule has 0 bridgehead atoms. The number of benzene rings is 2. The van der Waals surface area contributed by atoms with Crippen molar-refractivity contribution in [1.82, 2.24) is 5.32 Å². The Hall–Kier alpha value is -2.36. The van der Waals surface area contributed by atoms with Gasteiger partial charge in [-0.1, -0.05) is 30.3 Å². The van der Waals surface area contributed by atoms with Gasteiger partial charge >= 0.3 is 5.97 Å². The van der Waals surface area contributed by atoms with Crippen LogP contribution in [0.5, 0.6) is 0 Å². The molecule has 1 amide bonds. The van der Waals surface area contributed by atoms with E-state index in [1.54, 1.807) is 19.1 Å². The quantitative estimate of drug-likeness (QED) is 0.885. The molecule has 1 unspecified atom stereocenters. The van der Waals surface area contributed by atoms with Gasteiger partial charge < -0.3 is 10.1 Å². The highest BCUT2D eigenvalue weighted by atomic mass is 16.5.